The summed E-state index contributed by atoms with van der Waals surface area (Å²) >= 11 is 0. The van der Waals surface area contributed by atoms with Gasteiger partial charge in [0.25, 0.3) is 0 Å². The summed E-state index contributed by atoms with van der Waals surface area (Å²) in [5.41, 5.74) is 0. The van der Waals surface area contributed by atoms with Crippen molar-refractivity contribution in [2.75, 3.05) is 26.7 Å². The summed E-state index contributed by atoms with van der Waals surface area (Å²) in [6.45, 7) is 7.39. The number of likely N-dealkylation sites (N-methyl/N-ethyl adjacent to an activating group) is 2. The zero-order valence-electron chi connectivity index (χ0n) is 12.4. The summed E-state index contributed by atoms with van der Waals surface area (Å²) in [5.74, 6) is 0.274. The lowest BCUT2D eigenvalue weighted by Crippen LogP contribution is -2.38. The monoisotopic (exact) mass is 282 g/mol. The maximum atomic E-state index is 11.7. The van der Waals surface area contributed by atoms with E-state index in [1.807, 2.05) is 25.7 Å². The molecule has 1 aromatic heterocycles. The highest BCUT2D eigenvalue weighted by Crippen LogP contribution is 2.22. The molecule has 0 aliphatic carbocycles. The molecule has 0 fully saturated rings. The SMILES string of the molecule is CCNC(=O)CN(CC)C(C)c1ccc(C(=O)OC)o1. The number of amides is 1. The largest absolute Gasteiger partial charge is 0.463 e. The molecule has 1 unspecified atom stereocenters. The molecule has 112 valence electrons. The Morgan fingerprint density at radius 2 is 2.10 bits per heavy atom. The van der Waals surface area contributed by atoms with Crippen LogP contribution in [0.1, 0.15) is 43.1 Å². The molecule has 0 saturated heterocycles. The number of hydrogen-bond acceptors (Lipinski definition) is 5. The highest BCUT2D eigenvalue weighted by atomic mass is 16.5. The van der Waals surface area contributed by atoms with Crippen LogP contribution in [-0.2, 0) is 9.53 Å². The second-order valence-electron chi connectivity index (χ2n) is 4.39. The summed E-state index contributed by atoms with van der Waals surface area (Å²) in [6, 6.07) is 3.22. The molecule has 0 bridgehead atoms. The number of ether oxygens (including phenoxy) is 1. The molecule has 1 atom stereocenters. The first-order valence-electron chi connectivity index (χ1n) is 6.72. The first-order valence-corrected chi connectivity index (χ1v) is 6.72. The molecule has 0 aromatic carbocycles. The molecule has 0 saturated carbocycles. The van der Waals surface area contributed by atoms with Gasteiger partial charge in [0, 0.05) is 6.54 Å². The molecule has 0 radical (unpaired) electrons. The number of carbonyl (C=O) groups is 2. The van der Waals surface area contributed by atoms with Crippen LogP contribution in [0.2, 0.25) is 0 Å². The lowest BCUT2D eigenvalue weighted by atomic mass is 10.2. The van der Waals surface area contributed by atoms with E-state index in [9.17, 15) is 9.59 Å². The molecule has 1 heterocycles. The van der Waals surface area contributed by atoms with E-state index in [0.29, 0.717) is 25.4 Å². The molecule has 0 aliphatic rings. The van der Waals surface area contributed by atoms with Gasteiger partial charge in [-0.2, -0.15) is 0 Å². The van der Waals surface area contributed by atoms with Gasteiger partial charge in [-0.15, -0.1) is 0 Å². The van der Waals surface area contributed by atoms with Crippen molar-refractivity contribution in [3.63, 3.8) is 0 Å². The second-order valence-corrected chi connectivity index (χ2v) is 4.39. The number of nitrogens with one attached hydrogen (secondary N) is 1. The number of nitrogens with zero attached hydrogens (tertiary/aromatic N) is 1. The number of furan rings is 1. The van der Waals surface area contributed by atoms with E-state index in [1.165, 1.54) is 7.11 Å². The van der Waals surface area contributed by atoms with Gasteiger partial charge in [-0.3, -0.25) is 9.69 Å². The minimum absolute atomic E-state index is 0.0269. The van der Waals surface area contributed by atoms with E-state index in [-0.39, 0.29) is 17.7 Å². The van der Waals surface area contributed by atoms with E-state index in [1.54, 1.807) is 12.1 Å². The van der Waals surface area contributed by atoms with E-state index < -0.39 is 5.97 Å². The summed E-state index contributed by atoms with van der Waals surface area (Å²) in [6.07, 6.45) is 0. The highest BCUT2D eigenvalue weighted by molar-refractivity contribution is 5.86. The van der Waals surface area contributed by atoms with Gasteiger partial charge in [0.15, 0.2) is 0 Å². The highest BCUT2D eigenvalue weighted by Gasteiger charge is 2.21. The van der Waals surface area contributed by atoms with E-state index >= 15 is 0 Å². The van der Waals surface area contributed by atoms with Crippen LogP contribution in [0, 0.1) is 0 Å². The lowest BCUT2D eigenvalue weighted by Gasteiger charge is -2.25. The third kappa shape index (κ3) is 4.09. The molecule has 20 heavy (non-hydrogen) atoms. The molecular formula is C14H22N2O4. The minimum Gasteiger partial charge on any atom is -0.463 e. The summed E-state index contributed by atoms with van der Waals surface area (Å²) in [7, 11) is 1.31. The van der Waals surface area contributed by atoms with Crippen molar-refractivity contribution in [3.8, 4) is 0 Å². The molecule has 1 N–H and O–H groups in total. The maximum absolute atomic E-state index is 11.7. The number of esters is 1. The van der Waals surface area contributed by atoms with Crippen molar-refractivity contribution in [1.29, 1.82) is 0 Å². The van der Waals surface area contributed by atoms with Gasteiger partial charge < -0.3 is 14.5 Å². The Balaban J connectivity index is 2.75. The summed E-state index contributed by atoms with van der Waals surface area (Å²) in [4.78, 5) is 25.0. The minimum atomic E-state index is -0.504. The van der Waals surface area contributed by atoms with Gasteiger partial charge in [0.2, 0.25) is 11.7 Å². The van der Waals surface area contributed by atoms with Crippen molar-refractivity contribution in [3.05, 3.63) is 23.7 Å². The maximum Gasteiger partial charge on any atom is 0.373 e. The Hall–Kier alpha value is -1.82. The van der Waals surface area contributed by atoms with Crippen molar-refractivity contribution >= 4 is 11.9 Å². The van der Waals surface area contributed by atoms with Crippen LogP contribution in [0.5, 0.6) is 0 Å². The van der Waals surface area contributed by atoms with Crippen molar-refractivity contribution in [2.24, 2.45) is 0 Å². The topological polar surface area (TPSA) is 71.8 Å². The first kappa shape index (κ1) is 16.2. The average Bonchev–Trinajstić information content (AvgIpc) is 2.93. The number of hydrogen-bond donors (Lipinski definition) is 1. The third-order valence-electron chi connectivity index (χ3n) is 3.10. The fourth-order valence-corrected chi connectivity index (χ4v) is 1.93. The Morgan fingerprint density at radius 1 is 1.40 bits per heavy atom. The van der Waals surface area contributed by atoms with Crippen LogP contribution < -0.4 is 5.32 Å². The summed E-state index contributed by atoms with van der Waals surface area (Å²) in [5, 5.41) is 2.76. The van der Waals surface area contributed by atoms with Crippen molar-refractivity contribution < 1.29 is 18.7 Å². The van der Waals surface area contributed by atoms with Crippen molar-refractivity contribution in [2.45, 2.75) is 26.8 Å². The van der Waals surface area contributed by atoms with Crippen LogP contribution >= 0.6 is 0 Å². The molecule has 1 amide bonds. The molecular weight excluding hydrogens is 260 g/mol. The van der Waals surface area contributed by atoms with Crippen LogP contribution in [0.15, 0.2) is 16.5 Å². The van der Waals surface area contributed by atoms with Gasteiger partial charge in [-0.05, 0) is 32.5 Å². The number of rotatable bonds is 7. The van der Waals surface area contributed by atoms with E-state index in [2.05, 4.69) is 10.1 Å². The Bertz CT molecular complexity index is 456. The molecule has 6 nitrogen and oxygen atoms in total. The molecule has 1 rings (SSSR count). The second kappa shape index (κ2) is 7.69. The van der Waals surface area contributed by atoms with Gasteiger partial charge in [-0.25, -0.2) is 4.79 Å². The average molecular weight is 282 g/mol. The molecule has 0 aliphatic heterocycles. The van der Waals surface area contributed by atoms with Gasteiger partial charge >= 0.3 is 5.97 Å². The zero-order chi connectivity index (χ0) is 15.1. The number of methoxy groups -OCH3 is 1. The molecule has 1 aromatic rings. The predicted molar refractivity (Wildman–Crippen MR) is 74.4 cm³/mol. The molecule has 6 heteroatoms. The van der Waals surface area contributed by atoms with Crippen LogP contribution in [-0.4, -0.2) is 43.5 Å². The normalized spacial score (nSPS) is 12.2. The van der Waals surface area contributed by atoms with Gasteiger partial charge in [0.1, 0.15) is 5.76 Å². The fourth-order valence-electron chi connectivity index (χ4n) is 1.93. The smallest absolute Gasteiger partial charge is 0.373 e. The standard InChI is InChI=1S/C14H22N2O4/c1-5-15-13(17)9-16(6-2)10(3)11-7-8-12(20-11)14(18)19-4/h7-8,10H,5-6,9H2,1-4H3,(H,15,17). The van der Waals surface area contributed by atoms with Gasteiger partial charge in [-0.1, -0.05) is 6.92 Å². The molecule has 0 spiro atoms. The quantitative estimate of drug-likeness (QED) is 0.769. The number of carbonyl (C=O) groups excluding carboxylic acids is 2. The van der Waals surface area contributed by atoms with Gasteiger partial charge in [0.05, 0.1) is 19.7 Å². The lowest BCUT2D eigenvalue weighted by molar-refractivity contribution is -0.122. The Kier molecular flexibility index (Phi) is 6.24. The third-order valence-corrected chi connectivity index (χ3v) is 3.10. The first-order chi connectivity index (χ1) is 9.53. The van der Waals surface area contributed by atoms with Crippen molar-refractivity contribution in [1.82, 2.24) is 10.2 Å². The zero-order valence-corrected chi connectivity index (χ0v) is 12.4. The van der Waals surface area contributed by atoms with E-state index in [0.717, 1.165) is 0 Å². The summed E-state index contributed by atoms with van der Waals surface area (Å²) < 4.78 is 10.1. The van der Waals surface area contributed by atoms with Crippen LogP contribution in [0.3, 0.4) is 0 Å². The fraction of sp³-hybridized carbons (Fsp3) is 0.571. The van der Waals surface area contributed by atoms with Crippen LogP contribution in [0.4, 0.5) is 0 Å². The Labute approximate surface area is 119 Å². The van der Waals surface area contributed by atoms with E-state index in [4.69, 9.17) is 4.42 Å². The van der Waals surface area contributed by atoms with Crippen LogP contribution in [0.25, 0.3) is 0 Å². The predicted octanol–water partition coefficient (Wildman–Crippen LogP) is 1.59. The Morgan fingerprint density at radius 3 is 2.65 bits per heavy atom.